The minimum absolute atomic E-state index is 1.07. The van der Waals surface area contributed by atoms with Crippen molar-refractivity contribution in [3.8, 4) is 11.8 Å². The molecule has 0 aromatic heterocycles. The highest BCUT2D eigenvalue weighted by Gasteiger charge is 1.88. The molecule has 0 aliphatic carbocycles. The summed E-state index contributed by atoms with van der Waals surface area (Å²) in [7, 11) is 0. The van der Waals surface area contributed by atoms with Crippen LogP contribution in [0.2, 0.25) is 0 Å². The van der Waals surface area contributed by atoms with Gasteiger partial charge in [-0.15, -0.1) is 0 Å². The van der Waals surface area contributed by atoms with Gasteiger partial charge < -0.3 is 0 Å². The topological polar surface area (TPSA) is 0 Å². The largest absolute Gasteiger partial charge is 0.0985 e. The summed E-state index contributed by atoms with van der Waals surface area (Å²) in [6.45, 7) is 4.46. The Morgan fingerprint density at radius 1 is 0.812 bits per heavy atom. The van der Waals surface area contributed by atoms with E-state index in [9.17, 15) is 0 Å². The highest BCUT2D eigenvalue weighted by molar-refractivity contribution is 5.14. The van der Waals surface area contributed by atoms with Gasteiger partial charge in [0.15, 0.2) is 0 Å². The molecule has 16 heavy (non-hydrogen) atoms. The molecule has 0 bridgehead atoms. The van der Waals surface area contributed by atoms with Gasteiger partial charge in [-0.05, 0) is 18.9 Å². The minimum Gasteiger partial charge on any atom is -0.0985 e. The Morgan fingerprint density at radius 3 is 2.19 bits per heavy atom. The molecule has 0 heterocycles. The highest BCUT2D eigenvalue weighted by Crippen LogP contribution is 2.07. The average molecular weight is 220 g/mol. The lowest BCUT2D eigenvalue weighted by atomic mass is 10.1. The highest BCUT2D eigenvalue weighted by atomic mass is 13.9. The zero-order valence-corrected chi connectivity index (χ0v) is 11.2. The third-order valence-electron chi connectivity index (χ3n) is 2.66. The van der Waals surface area contributed by atoms with Gasteiger partial charge in [0.1, 0.15) is 0 Å². The molecule has 0 unspecified atom stereocenters. The third-order valence-corrected chi connectivity index (χ3v) is 2.66. The average Bonchev–Trinajstić information content (AvgIpc) is 2.31. The van der Waals surface area contributed by atoms with Gasteiger partial charge in [0.25, 0.3) is 0 Å². The predicted octanol–water partition coefficient (Wildman–Crippen LogP) is 5.49. The van der Waals surface area contributed by atoms with E-state index >= 15 is 0 Å². The summed E-state index contributed by atoms with van der Waals surface area (Å²) in [5.74, 6) is 6.31. The number of allylic oxidation sites excluding steroid dienone is 2. The third kappa shape index (κ3) is 13.3. The van der Waals surface area contributed by atoms with Gasteiger partial charge in [0.05, 0.1) is 0 Å². The summed E-state index contributed by atoms with van der Waals surface area (Å²) in [4.78, 5) is 0. The molecule has 0 aromatic rings. The van der Waals surface area contributed by atoms with Gasteiger partial charge >= 0.3 is 0 Å². The summed E-state index contributed by atoms with van der Waals surface area (Å²) >= 11 is 0. The molecule has 0 N–H and O–H groups in total. The van der Waals surface area contributed by atoms with E-state index in [-0.39, 0.29) is 0 Å². The van der Waals surface area contributed by atoms with Gasteiger partial charge in [-0.2, -0.15) is 0 Å². The lowest BCUT2D eigenvalue weighted by Crippen LogP contribution is -1.78. The molecule has 0 aliphatic heterocycles. The van der Waals surface area contributed by atoms with Crippen molar-refractivity contribution in [3.63, 3.8) is 0 Å². The van der Waals surface area contributed by atoms with Crippen molar-refractivity contribution < 1.29 is 0 Å². The maximum atomic E-state index is 3.21. The zero-order valence-electron chi connectivity index (χ0n) is 11.2. The van der Waals surface area contributed by atoms with Crippen LogP contribution in [-0.4, -0.2) is 0 Å². The van der Waals surface area contributed by atoms with Gasteiger partial charge in [0.2, 0.25) is 0 Å². The lowest BCUT2D eigenvalue weighted by Gasteiger charge is -1.97. The minimum atomic E-state index is 1.07. The maximum Gasteiger partial charge on any atom is 0.00922 e. The van der Waals surface area contributed by atoms with Crippen LogP contribution in [0.5, 0.6) is 0 Å². The fourth-order valence-electron chi connectivity index (χ4n) is 1.61. The number of unbranched alkanes of at least 4 members (excludes halogenated alkanes) is 8. The maximum absolute atomic E-state index is 3.21. The van der Waals surface area contributed by atoms with E-state index in [2.05, 4.69) is 31.8 Å². The first-order valence-corrected chi connectivity index (χ1v) is 7.05. The summed E-state index contributed by atoms with van der Waals surface area (Å²) < 4.78 is 0. The first-order valence-electron chi connectivity index (χ1n) is 7.05. The second-order valence-electron chi connectivity index (χ2n) is 4.38. The van der Waals surface area contributed by atoms with Crippen LogP contribution in [0.25, 0.3) is 0 Å². The van der Waals surface area contributed by atoms with Crippen LogP contribution in [0.3, 0.4) is 0 Å². The van der Waals surface area contributed by atoms with E-state index in [1.807, 2.05) is 6.08 Å². The van der Waals surface area contributed by atoms with Crippen molar-refractivity contribution in [2.24, 2.45) is 0 Å². The van der Waals surface area contributed by atoms with Crippen LogP contribution in [0, 0.1) is 11.8 Å². The Morgan fingerprint density at radius 2 is 1.50 bits per heavy atom. The van der Waals surface area contributed by atoms with Crippen LogP contribution in [-0.2, 0) is 0 Å². The molecular weight excluding hydrogens is 192 g/mol. The van der Waals surface area contributed by atoms with Crippen LogP contribution in [0.1, 0.15) is 78.1 Å². The molecular formula is C16H28. The van der Waals surface area contributed by atoms with E-state index in [1.165, 1.54) is 51.4 Å². The van der Waals surface area contributed by atoms with E-state index < -0.39 is 0 Å². The predicted molar refractivity (Wildman–Crippen MR) is 74.4 cm³/mol. The molecule has 0 atom stereocenters. The van der Waals surface area contributed by atoms with E-state index in [0.29, 0.717) is 0 Å². The molecule has 0 aliphatic rings. The van der Waals surface area contributed by atoms with E-state index in [0.717, 1.165) is 12.8 Å². The molecule has 0 amide bonds. The van der Waals surface area contributed by atoms with Crippen molar-refractivity contribution in [1.29, 1.82) is 0 Å². The fraction of sp³-hybridized carbons (Fsp3) is 0.750. The van der Waals surface area contributed by atoms with Crippen molar-refractivity contribution in [2.75, 3.05) is 0 Å². The molecule has 0 nitrogen and oxygen atoms in total. The van der Waals surface area contributed by atoms with Crippen LogP contribution >= 0.6 is 0 Å². The number of hydrogen-bond acceptors (Lipinski definition) is 0. The Bertz CT molecular complexity index is 202. The Kier molecular flexibility index (Phi) is 13.7. The van der Waals surface area contributed by atoms with Crippen LogP contribution in [0.15, 0.2) is 12.2 Å². The summed E-state index contributed by atoms with van der Waals surface area (Å²) in [6.07, 6.45) is 17.2. The summed E-state index contributed by atoms with van der Waals surface area (Å²) in [5, 5.41) is 0. The van der Waals surface area contributed by atoms with Crippen molar-refractivity contribution in [2.45, 2.75) is 78.1 Å². The lowest BCUT2D eigenvalue weighted by molar-refractivity contribution is 0.594. The second-order valence-corrected chi connectivity index (χ2v) is 4.38. The second kappa shape index (κ2) is 14.3. The Hall–Kier alpha value is -0.700. The van der Waals surface area contributed by atoms with Gasteiger partial charge in [-0.25, -0.2) is 0 Å². The first-order chi connectivity index (χ1) is 7.91. The molecule has 0 radical (unpaired) electrons. The van der Waals surface area contributed by atoms with Crippen molar-refractivity contribution in [3.05, 3.63) is 12.2 Å². The van der Waals surface area contributed by atoms with Gasteiger partial charge in [-0.1, -0.05) is 76.7 Å². The van der Waals surface area contributed by atoms with Gasteiger partial charge in [-0.3, -0.25) is 0 Å². The first kappa shape index (κ1) is 15.3. The normalized spacial score (nSPS) is 10.4. The van der Waals surface area contributed by atoms with Gasteiger partial charge in [0, 0.05) is 6.42 Å². The number of hydrogen-bond donors (Lipinski definition) is 0. The smallest absolute Gasteiger partial charge is 0.00922 e. The van der Waals surface area contributed by atoms with E-state index in [4.69, 9.17) is 0 Å². The standard InChI is InChI=1S/C16H28/c1-3-5-7-9-11-13-15-16-14-12-10-8-6-4-2/h7,9H,3-6,8,10,12,14-16H2,1-2H3/b9-7+. The molecule has 0 rings (SSSR count). The molecule has 0 saturated heterocycles. The summed E-state index contributed by atoms with van der Waals surface area (Å²) in [5.41, 5.74) is 0. The Labute approximate surface area is 103 Å². The fourth-order valence-corrected chi connectivity index (χ4v) is 1.61. The van der Waals surface area contributed by atoms with Crippen LogP contribution in [0.4, 0.5) is 0 Å². The number of rotatable bonds is 9. The Balaban J connectivity index is 3.13. The molecule has 0 heteroatoms. The van der Waals surface area contributed by atoms with Crippen molar-refractivity contribution in [1.82, 2.24) is 0 Å². The SMILES string of the molecule is CCC/C=C/C#CCCCCCCCCC. The van der Waals surface area contributed by atoms with Crippen molar-refractivity contribution >= 4 is 0 Å². The molecule has 0 aromatic carbocycles. The van der Waals surface area contributed by atoms with Crippen LogP contribution < -0.4 is 0 Å². The quantitative estimate of drug-likeness (QED) is 0.356. The zero-order chi connectivity index (χ0) is 11.9. The monoisotopic (exact) mass is 220 g/mol. The van der Waals surface area contributed by atoms with E-state index in [1.54, 1.807) is 0 Å². The molecule has 92 valence electrons. The summed E-state index contributed by atoms with van der Waals surface area (Å²) in [6, 6.07) is 0. The molecule has 0 spiro atoms. The molecule has 0 saturated carbocycles. The molecule has 0 fully saturated rings.